The summed E-state index contributed by atoms with van der Waals surface area (Å²) in [5.41, 5.74) is 3.14. The Morgan fingerprint density at radius 1 is 1.14 bits per heavy atom. The van der Waals surface area contributed by atoms with Gasteiger partial charge in [0.15, 0.2) is 18.1 Å². The van der Waals surface area contributed by atoms with Gasteiger partial charge >= 0.3 is 5.97 Å². The van der Waals surface area contributed by atoms with Gasteiger partial charge in [-0.15, -0.1) is 0 Å². The van der Waals surface area contributed by atoms with Crippen LogP contribution in [0.25, 0.3) is 6.08 Å². The number of amides is 1. The molecular formula is C22H22N2O5. The highest BCUT2D eigenvalue weighted by molar-refractivity contribution is 6.10. The number of ether oxygens (including phenoxy) is 3. The predicted molar refractivity (Wildman–Crippen MR) is 109 cm³/mol. The molecule has 150 valence electrons. The molecule has 0 bridgehead atoms. The second kappa shape index (κ2) is 9.95. The highest BCUT2D eigenvalue weighted by Crippen LogP contribution is 2.29. The van der Waals surface area contributed by atoms with Crippen LogP contribution in [0.3, 0.4) is 0 Å². The number of methoxy groups -OCH3 is 2. The fraction of sp³-hybridized carbons (Fsp3) is 0.227. The second-order valence-corrected chi connectivity index (χ2v) is 6.15. The van der Waals surface area contributed by atoms with Gasteiger partial charge in [0, 0.05) is 5.69 Å². The van der Waals surface area contributed by atoms with Crippen LogP contribution in [-0.2, 0) is 14.3 Å². The van der Waals surface area contributed by atoms with Gasteiger partial charge in [0.05, 0.1) is 14.2 Å². The highest BCUT2D eigenvalue weighted by Gasteiger charge is 2.13. The third-order valence-corrected chi connectivity index (χ3v) is 4.29. The first-order valence-electron chi connectivity index (χ1n) is 8.76. The van der Waals surface area contributed by atoms with Crippen LogP contribution >= 0.6 is 0 Å². The lowest BCUT2D eigenvalue weighted by Gasteiger charge is -2.11. The van der Waals surface area contributed by atoms with Crippen molar-refractivity contribution in [1.29, 1.82) is 5.26 Å². The molecule has 0 aromatic heterocycles. The molecule has 0 aliphatic rings. The first kappa shape index (κ1) is 21.5. The number of nitrogens with zero attached hydrogens (tertiary/aromatic N) is 1. The van der Waals surface area contributed by atoms with Crippen molar-refractivity contribution >= 4 is 23.6 Å². The van der Waals surface area contributed by atoms with Crippen molar-refractivity contribution in [1.82, 2.24) is 0 Å². The molecule has 1 N–H and O–H groups in total. The van der Waals surface area contributed by atoms with E-state index in [0.29, 0.717) is 22.7 Å². The molecule has 7 nitrogen and oxygen atoms in total. The third-order valence-electron chi connectivity index (χ3n) is 4.29. The number of hydrogen-bond acceptors (Lipinski definition) is 6. The number of rotatable bonds is 7. The average molecular weight is 394 g/mol. The molecule has 2 rings (SSSR count). The lowest BCUT2D eigenvalue weighted by molar-refractivity contribution is -0.142. The Morgan fingerprint density at radius 3 is 2.55 bits per heavy atom. The van der Waals surface area contributed by atoms with E-state index in [2.05, 4.69) is 10.1 Å². The summed E-state index contributed by atoms with van der Waals surface area (Å²) < 4.78 is 15.1. The van der Waals surface area contributed by atoms with Crippen LogP contribution < -0.4 is 14.8 Å². The number of anilines is 1. The summed E-state index contributed by atoms with van der Waals surface area (Å²) in [5, 5.41) is 12.2. The van der Waals surface area contributed by atoms with Crippen molar-refractivity contribution in [2.24, 2.45) is 0 Å². The van der Waals surface area contributed by atoms with Gasteiger partial charge in [-0.25, -0.2) is 4.79 Å². The lowest BCUT2D eigenvalue weighted by atomic mass is 10.1. The fourth-order valence-corrected chi connectivity index (χ4v) is 2.48. The van der Waals surface area contributed by atoms with E-state index in [4.69, 9.17) is 9.47 Å². The van der Waals surface area contributed by atoms with Crippen LogP contribution in [0.1, 0.15) is 16.7 Å². The number of carbonyl (C=O) groups is 2. The number of hydrogen-bond donors (Lipinski definition) is 1. The van der Waals surface area contributed by atoms with E-state index in [1.807, 2.05) is 32.0 Å². The van der Waals surface area contributed by atoms with Gasteiger partial charge in [0.1, 0.15) is 11.6 Å². The second-order valence-electron chi connectivity index (χ2n) is 6.15. The molecule has 0 heterocycles. The summed E-state index contributed by atoms with van der Waals surface area (Å²) in [6, 6.07) is 12.3. The number of nitrogens with one attached hydrogen (secondary N) is 1. The first-order valence-corrected chi connectivity index (χ1v) is 8.76. The molecule has 7 heteroatoms. The first-order chi connectivity index (χ1) is 13.9. The molecular weight excluding hydrogens is 372 g/mol. The number of aryl methyl sites for hydroxylation is 1. The van der Waals surface area contributed by atoms with Crippen molar-refractivity contribution in [2.75, 3.05) is 26.1 Å². The SMILES string of the molecule is COC(=O)COc1ccc(/C=C(\C#N)C(=O)Nc2cccc(C)c2C)cc1OC. The molecule has 1 amide bonds. The maximum Gasteiger partial charge on any atom is 0.343 e. The normalized spacial score (nSPS) is 10.7. The van der Waals surface area contributed by atoms with Gasteiger partial charge in [-0.3, -0.25) is 4.79 Å². The molecule has 0 spiro atoms. The van der Waals surface area contributed by atoms with Crippen LogP contribution in [0, 0.1) is 25.2 Å². The van der Waals surface area contributed by atoms with Crippen molar-refractivity contribution < 1.29 is 23.8 Å². The maximum atomic E-state index is 12.5. The Hall–Kier alpha value is -3.79. The number of carbonyl (C=O) groups excluding carboxylic acids is 2. The summed E-state index contributed by atoms with van der Waals surface area (Å²) >= 11 is 0. The lowest BCUT2D eigenvalue weighted by Crippen LogP contribution is -2.14. The van der Waals surface area contributed by atoms with Crippen LogP contribution in [0.5, 0.6) is 11.5 Å². The molecule has 0 unspecified atom stereocenters. The van der Waals surface area contributed by atoms with E-state index in [9.17, 15) is 14.9 Å². The van der Waals surface area contributed by atoms with Crippen molar-refractivity contribution in [3.63, 3.8) is 0 Å². The van der Waals surface area contributed by atoms with E-state index in [0.717, 1.165) is 11.1 Å². The molecule has 29 heavy (non-hydrogen) atoms. The molecule has 0 aliphatic carbocycles. The van der Waals surface area contributed by atoms with E-state index < -0.39 is 11.9 Å². The summed E-state index contributed by atoms with van der Waals surface area (Å²) in [6.45, 7) is 3.59. The van der Waals surface area contributed by atoms with Crippen LogP contribution in [0.4, 0.5) is 5.69 Å². The van der Waals surface area contributed by atoms with E-state index in [1.54, 1.807) is 24.3 Å². The minimum atomic E-state index is -0.522. The summed E-state index contributed by atoms with van der Waals surface area (Å²) in [6.07, 6.45) is 1.45. The quantitative estimate of drug-likeness (QED) is 0.439. The molecule has 2 aromatic rings. The molecule has 0 radical (unpaired) electrons. The zero-order chi connectivity index (χ0) is 21.4. The van der Waals surface area contributed by atoms with Crippen molar-refractivity contribution in [3.8, 4) is 17.6 Å². The van der Waals surface area contributed by atoms with E-state index in [-0.39, 0.29) is 12.2 Å². The zero-order valence-corrected chi connectivity index (χ0v) is 16.7. The average Bonchev–Trinajstić information content (AvgIpc) is 2.73. The van der Waals surface area contributed by atoms with Gasteiger partial charge in [-0.05, 0) is 54.8 Å². The third kappa shape index (κ3) is 5.59. The van der Waals surface area contributed by atoms with Gasteiger partial charge in [-0.1, -0.05) is 18.2 Å². The molecule has 0 saturated heterocycles. The zero-order valence-electron chi connectivity index (χ0n) is 16.7. The van der Waals surface area contributed by atoms with Crippen molar-refractivity contribution in [2.45, 2.75) is 13.8 Å². The van der Waals surface area contributed by atoms with Crippen LogP contribution in [0.2, 0.25) is 0 Å². The Balaban J connectivity index is 2.23. The Morgan fingerprint density at radius 2 is 1.90 bits per heavy atom. The monoisotopic (exact) mass is 394 g/mol. The molecule has 0 saturated carbocycles. The fourth-order valence-electron chi connectivity index (χ4n) is 2.48. The molecule has 0 fully saturated rings. The summed E-state index contributed by atoms with van der Waals surface area (Å²) in [4.78, 5) is 23.8. The topological polar surface area (TPSA) is 97.7 Å². The standard InChI is InChI=1S/C22H22N2O5/c1-14-6-5-7-18(15(14)2)24-22(26)17(12-23)10-16-8-9-19(20(11-16)27-3)29-13-21(25)28-4/h5-11H,13H2,1-4H3,(H,24,26)/b17-10+. The minimum absolute atomic E-state index is 0.0591. The highest BCUT2D eigenvalue weighted by atomic mass is 16.6. The Labute approximate surface area is 169 Å². The summed E-state index contributed by atoms with van der Waals surface area (Å²) in [5.74, 6) is -0.333. The van der Waals surface area contributed by atoms with Crippen molar-refractivity contribution in [3.05, 3.63) is 58.7 Å². The van der Waals surface area contributed by atoms with Crippen LogP contribution in [-0.4, -0.2) is 32.7 Å². The number of benzene rings is 2. The molecule has 2 aromatic carbocycles. The summed E-state index contributed by atoms with van der Waals surface area (Å²) in [7, 11) is 2.72. The van der Waals surface area contributed by atoms with Gasteiger partial charge < -0.3 is 19.5 Å². The van der Waals surface area contributed by atoms with E-state index in [1.165, 1.54) is 20.3 Å². The maximum absolute atomic E-state index is 12.5. The number of nitriles is 1. The smallest absolute Gasteiger partial charge is 0.343 e. The molecule has 0 aliphatic heterocycles. The van der Waals surface area contributed by atoms with E-state index >= 15 is 0 Å². The molecule has 0 atom stereocenters. The predicted octanol–water partition coefficient (Wildman–Crippen LogP) is 3.41. The Bertz CT molecular complexity index is 989. The van der Waals surface area contributed by atoms with Crippen LogP contribution in [0.15, 0.2) is 42.0 Å². The van der Waals surface area contributed by atoms with Gasteiger partial charge in [0.25, 0.3) is 5.91 Å². The minimum Gasteiger partial charge on any atom is -0.493 e. The largest absolute Gasteiger partial charge is 0.493 e. The van der Waals surface area contributed by atoms with Gasteiger partial charge in [-0.2, -0.15) is 5.26 Å². The van der Waals surface area contributed by atoms with Gasteiger partial charge in [0.2, 0.25) is 0 Å². The Kier molecular flexibility index (Phi) is 7.38. The number of esters is 1.